The molecule has 20 heavy (non-hydrogen) atoms. The Morgan fingerprint density at radius 1 is 1.50 bits per heavy atom. The number of hydrogen-bond acceptors (Lipinski definition) is 6. The van der Waals surface area contributed by atoms with E-state index in [9.17, 15) is 5.11 Å². The van der Waals surface area contributed by atoms with Crippen LogP contribution < -0.4 is 5.73 Å². The number of aliphatic hydroxyl groups is 1. The van der Waals surface area contributed by atoms with Crippen LogP contribution in [-0.2, 0) is 10.3 Å². The molecular formula is C14H25N3O3. The highest BCUT2D eigenvalue weighted by atomic mass is 16.5. The highest BCUT2D eigenvalue weighted by Crippen LogP contribution is 2.41. The third-order valence-corrected chi connectivity index (χ3v) is 4.08. The molecular weight excluding hydrogens is 258 g/mol. The van der Waals surface area contributed by atoms with Crippen LogP contribution in [0.4, 0.5) is 0 Å². The van der Waals surface area contributed by atoms with Crippen molar-refractivity contribution in [3.63, 3.8) is 0 Å². The van der Waals surface area contributed by atoms with Crippen molar-refractivity contribution in [3.8, 4) is 0 Å². The second-order valence-corrected chi connectivity index (χ2v) is 5.66. The molecule has 1 aromatic heterocycles. The van der Waals surface area contributed by atoms with Crippen molar-refractivity contribution in [2.45, 2.75) is 57.7 Å². The Morgan fingerprint density at radius 2 is 2.20 bits per heavy atom. The first kappa shape index (κ1) is 15.4. The predicted octanol–water partition coefficient (Wildman–Crippen LogP) is 1.89. The van der Waals surface area contributed by atoms with Crippen molar-refractivity contribution in [3.05, 3.63) is 11.7 Å². The first-order chi connectivity index (χ1) is 9.61. The molecule has 1 fully saturated rings. The number of nitrogens with zero attached hydrogens (tertiary/aromatic N) is 2. The molecule has 1 saturated carbocycles. The average molecular weight is 283 g/mol. The van der Waals surface area contributed by atoms with Crippen LogP contribution in [0.3, 0.4) is 0 Å². The van der Waals surface area contributed by atoms with E-state index >= 15 is 0 Å². The van der Waals surface area contributed by atoms with Crippen LogP contribution in [0, 0.1) is 5.92 Å². The molecule has 0 aliphatic heterocycles. The number of rotatable bonds is 6. The van der Waals surface area contributed by atoms with Gasteiger partial charge < -0.3 is 20.1 Å². The second kappa shape index (κ2) is 6.65. The minimum atomic E-state index is -0.789. The lowest BCUT2D eigenvalue weighted by Gasteiger charge is -2.36. The van der Waals surface area contributed by atoms with Gasteiger partial charge >= 0.3 is 0 Å². The molecule has 0 spiro atoms. The van der Waals surface area contributed by atoms with Crippen LogP contribution in [0.25, 0.3) is 0 Å². The molecule has 6 nitrogen and oxygen atoms in total. The average Bonchev–Trinajstić information content (AvgIpc) is 2.92. The molecule has 3 N–H and O–H groups in total. The molecule has 1 heterocycles. The number of aromatic nitrogens is 2. The van der Waals surface area contributed by atoms with Gasteiger partial charge in [0, 0.05) is 6.61 Å². The molecule has 0 bridgehead atoms. The van der Waals surface area contributed by atoms with Crippen LogP contribution in [0.1, 0.15) is 63.8 Å². The third kappa shape index (κ3) is 3.19. The highest BCUT2D eigenvalue weighted by molar-refractivity contribution is 5.05. The molecule has 1 aliphatic rings. The molecule has 0 radical (unpaired) electrons. The summed E-state index contributed by atoms with van der Waals surface area (Å²) in [6.45, 7) is 5.23. The molecule has 0 saturated heterocycles. The second-order valence-electron chi connectivity index (χ2n) is 5.66. The molecule has 114 valence electrons. The fourth-order valence-corrected chi connectivity index (χ4v) is 2.77. The Hall–Kier alpha value is -0.980. The Kier molecular flexibility index (Phi) is 5.12. The lowest BCUT2D eigenvalue weighted by Crippen LogP contribution is -2.35. The zero-order chi connectivity index (χ0) is 14.6. The number of nitrogens with two attached hydrogens (primary N) is 1. The third-order valence-electron chi connectivity index (χ3n) is 4.08. The summed E-state index contributed by atoms with van der Waals surface area (Å²) in [6, 6.07) is 0. The van der Waals surface area contributed by atoms with Gasteiger partial charge in [-0.2, -0.15) is 4.98 Å². The minimum Gasteiger partial charge on any atom is -0.383 e. The van der Waals surface area contributed by atoms with Gasteiger partial charge in [-0.05, 0) is 51.5 Å². The van der Waals surface area contributed by atoms with Gasteiger partial charge in [0.25, 0.3) is 5.89 Å². The molecule has 1 aromatic rings. The van der Waals surface area contributed by atoms with Crippen LogP contribution in [0.5, 0.6) is 0 Å². The quantitative estimate of drug-likeness (QED) is 0.828. The van der Waals surface area contributed by atoms with Gasteiger partial charge in [0.15, 0.2) is 0 Å². The van der Waals surface area contributed by atoms with E-state index in [0.29, 0.717) is 31.3 Å². The summed E-state index contributed by atoms with van der Waals surface area (Å²) in [5.41, 5.74) is 4.98. The first-order valence-electron chi connectivity index (χ1n) is 7.47. The maximum absolute atomic E-state index is 9.87. The fourth-order valence-electron chi connectivity index (χ4n) is 2.77. The minimum absolute atomic E-state index is 0.239. The van der Waals surface area contributed by atoms with Crippen LogP contribution in [0.15, 0.2) is 4.52 Å². The summed E-state index contributed by atoms with van der Waals surface area (Å²) in [5.74, 6) is 1.51. The highest BCUT2D eigenvalue weighted by Gasteiger charge is 2.41. The largest absolute Gasteiger partial charge is 0.383 e. The van der Waals surface area contributed by atoms with E-state index in [0.717, 1.165) is 25.7 Å². The van der Waals surface area contributed by atoms with Gasteiger partial charge in [-0.15, -0.1) is 0 Å². The van der Waals surface area contributed by atoms with E-state index in [4.69, 9.17) is 15.0 Å². The molecule has 2 rings (SSSR count). The van der Waals surface area contributed by atoms with E-state index < -0.39 is 11.7 Å². The summed E-state index contributed by atoms with van der Waals surface area (Å²) in [4.78, 5) is 4.36. The monoisotopic (exact) mass is 283 g/mol. The molecule has 1 atom stereocenters. The van der Waals surface area contributed by atoms with Crippen molar-refractivity contribution in [1.29, 1.82) is 0 Å². The molecule has 1 unspecified atom stereocenters. The summed E-state index contributed by atoms with van der Waals surface area (Å²) in [6.07, 6.45) is 3.61. The van der Waals surface area contributed by atoms with E-state index in [2.05, 4.69) is 17.1 Å². The van der Waals surface area contributed by atoms with Crippen molar-refractivity contribution >= 4 is 0 Å². The van der Waals surface area contributed by atoms with Gasteiger partial charge in [0.05, 0.1) is 0 Å². The molecule has 0 amide bonds. The Balaban J connectivity index is 2.17. The standard InChI is InChI=1S/C14H25N3O3/c1-3-19-14(7-4-10(2)5-8-14)13-16-12(20-17-13)11(18)6-9-15/h10-11,18H,3-9,15H2,1-2H3. The fraction of sp³-hybridized carbons (Fsp3) is 0.857. The van der Waals surface area contributed by atoms with E-state index in [1.807, 2.05) is 6.92 Å². The lowest BCUT2D eigenvalue weighted by molar-refractivity contribution is -0.0847. The van der Waals surface area contributed by atoms with Gasteiger partial charge in [0.1, 0.15) is 11.7 Å². The number of hydrogen-bond donors (Lipinski definition) is 2. The van der Waals surface area contributed by atoms with E-state index in [1.165, 1.54) is 0 Å². The van der Waals surface area contributed by atoms with Crippen LogP contribution >= 0.6 is 0 Å². The zero-order valence-electron chi connectivity index (χ0n) is 12.3. The molecule has 1 aliphatic carbocycles. The van der Waals surface area contributed by atoms with Gasteiger partial charge in [-0.1, -0.05) is 12.1 Å². The zero-order valence-corrected chi connectivity index (χ0v) is 12.3. The van der Waals surface area contributed by atoms with E-state index in [1.54, 1.807) is 0 Å². The topological polar surface area (TPSA) is 94.4 Å². The Labute approximate surface area is 119 Å². The summed E-state index contributed by atoms with van der Waals surface area (Å²) < 4.78 is 11.2. The maximum atomic E-state index is 9.87. The predicted molar refractivity (Wildman–Crippen MR) is 73.9 cm³/mol. The lowest BCUT2D eigenvalue weighted by atomic mass is 9.79. The SMILES string of the molecule is CCOC1(c2noc(C(O)CCN)n2)CCC(C)CC1. The van der Waals surface area contributed by atoms with Crippen LogP contribution in [-0.4, -0.2) is 28.4 Å². The molecule has 6 heteroatoms. The van der Waals surface area contributed by atoms with Gasteiger partial charge in [-0.3, -0.25) is 0 Å². The van der Waals surface area contributed by atoms with Gasteiger partial charge in [0.2, 0.25) is 5.82 Å². The Bertz CT molecular complexity index is 414. The van der Waals surface area contributed by atoms with Crippen molar-refractivity contribution in [1.82, 2.24) is 10.1 Å². The summed E-state index contributed by atoms with van der Waals surface area (Å²) in [5, 5.41) is 13.9. The maximum Gasteiger partial charge on any atom is 0.255 e. The Morgan fingerprint density at radius 3 is 2.80 bits per heavy atom. The summed E-state index contributed by atoms with van der Waals surface area (Å²) >= 11 is 0. The van der Waals surface area contributed by atoms with Crippen LogP contribution in [0.2, 0.25) is 0 Å². The summed E-state index contributed by atoms with van der Waals surface area (Å²) in [7, 11) is 0. The van der Waals surface area contributed by atoms with E-state index in [-0.39, 0.29) is 5.89 Å². The van der Waals surface area contributed by atoms with Gasteiger partial charge in [-0.25, -0.2) is 0 Å². The van der Waals surface area contributed by atoms with Crippen molar-refractivity contribution in [2.75, 3.05) is 13.2 Å². The van der Waals surface area contributed by atoms with Crippen molar-refractivity contribution in [2.24, 2.45) is 11.7 Å². The smallest absolute Gasteiger partial charge is 0.255 e. The number of ether oxygens (including phenoxy) is 1. The first-order valence-corrected chi connectivity index (χ1v) is 7.47. The normalized spacial score (nSPS) is 28.5. The molecule has 0 aromatic carbocycles. The number of aliphatic hydroxyl groups excluding tert-OH is 1. The van der Waals surface area contributed by atoms with Crippen molar-refractivity contribution < 1.29 is 14.4 Å².